The average Bonchev–Trinajstić information content (AvgIpc) is 2.36. The van der Waals surface area contributed by atoms with Crippen LogP contribution < -0.4 is 15.1 Å². The van der Waals surface area contributed by atoms with Crippen molar-refractivity contribution in [2.24, 2.45) is 0 Å². The van der Waals surface area contributed by atoms with Crippen LogP contribution in [0, 0.1) is 0 Å². The van der Waals surface area contributed by atoms with Gasteiger partial charge in [0.2, 0.25) is 0 Å². The predicted molar refractivity (Wildman–Crippen MR) is 73.6 cm³/mol. The molecule has 4 nitrogen and oxygen atoms in total. The van der Waals surface area contributed by atoms with Crippen molar-refractivity contribution in [1.29, 1.82) is 0 Å². The average molecular weight is 258 g/mol. The molecule has 0 radical (unpaired) electrons. The van der Waals surface area contributed by atoms with E-state index < -0.39 is 5.63 Å². The molecule has 0 bridgehead atoms. The van der Waals surface area contributed by atoms with Crippen LogP contribution in [-0.2, 0) is 0 Å². The molecule has 0 amide bonds. The topological polar surface area (TPSA) is 48.7 Å². The molecule has 4 heteroatoms. The van der Waals surface area contributed by atoms with Gasteiger partial charge in [0, 0.05) is 18.2 Å². The summed E-state index contributed by atoms with van der Waals surface area (Å²) in [6.07, 6.45) is 3.25. The van der Waals surface area contributed by atoms with Crippen molar-refractivity contribution in [2.75, 3.05) is 7.11 Å². The molecule has 0 spiro atoms. The van der Waals surface area contributed by atoms with Crippen LogP contribution in [0.25, 0.3) is 11.0 Å². The number of fused-ring (bicyclic) bond motifs is 1. The molecule has 2 rings (SSSR count). The van der Waals surface area contributed by atoms with Gasteiger partial charge in [0.1, 0.15) is 17.1 Å². The summed E-state index contributed by atoms with van der Waals surface area (Å²) in [6.45, 7) is 5.59. The third kappa shape index (κ3) is 3.04. The molecule has 98 valence electrons. The van der Waals surface area contributed by atoms with Crippen LogP contribution >= 0.6 is 0 Å². The van der Waals surface area contributed by atoms with Crippen molar-refractivity contribution in [3.8, 4) is 11.5 Å². The maximum atomic E-state index is 11.2. The van der Waals surface area contributed by atoms with E-state index in [1.54, 1.807) is 31.4 Å². The fraction of sp³-hybridized carbons (Fsp3) is 0.133. The minimum atomic E-state index is -0.413. The Morgan fingerprint density at radius 3 is 2.84 bits per heavy atom. The number of ether oxygens (including phenoxy) is 2. The van der Waals surface area contributed by atoms with Crippen molar-refractivity contribution in [1.82, 2.24) is 0 Å². The quantitative estimate of drug-likeness (QED) is 0.479. The predicted octanol–water partition coefficient (Wildman–Crippen LogP) is 3.27. The van der Waals surface area contributed by atoms with Crippen LogP contribution in [0.3, 0.4) is 0 Å². The van der Waals surface area contributed by atoms with Crippen LogP contribution in [0.5, 0.6) is 11.5 Å². The molecule has 1 heterocycles. The first kappa shape index (κ1) is 13.0. The van der Waals surface area contributed by atoms with Gasteiger partial charge in [0.15, 0.2) is 0 Å². The molecule has 0 aliphatic rings. The van der Waals surface area contributed by atoms with Crippen molar-refractivity contribution in [3.05, 3.63) is 59.2 Å². The van der Waals surface area contributed by atoms with Gasteiger partial charge in [0.25, 0.3) is 0 Å². The molecule has 19 heavy (non-hydrogen) atoms. The molecule has 0 saturated heterocycles. The number of rotatable bonds is 4. The van der Waals surface area contributed by atoms with Crippen molar-refractivity contribution < 1.29 is 13.9 Å². The van der Waals surface area contributed by atoms with E-state index in [0.717, 1.165) is 11.0 Å². The molecule has 0 saturated carbocycles. The summed E-state index contributed by atoms with van der Waals surface area (Å²) in [5, 5.41) is 0.721. The molecule has 0 fully saturated rings. The van der Waals surface area contributed by atoms with Gasteiger partial charge in [-0.15, -0.1) is 0 Å². The van der Waals surface area contributed by atoms with E-state index in [4.69, 9.17) is 13.9 Å². The van der Waals surface area contributed by atoms with E-state index in [9.17, 15) is 4.79 Å². The van der Waals surface area contributed by atoms with E-state index in [2.05, 4.69) is 6.58 Å². The molecule has 0 unspecified atom stereocenters. The van der Waals surface area contributed by atoms with E-state index >= 15 is 0 Å². The number of benzene rings is 1. The van der Waals surface area contributed by atoms with Crippen LogP contribution in [0.4, 0.5) is 0 Å². The second kappa shape index (κ2) is 5.44. The monoisotopic (exact) mass is 258 g/mol. The standard InChI is InChI=1S/C15H14O4/c1-10(2)6-7-18-11-8-13(17-3)12-4-5-15(16)19-14(12)9-11/h4-9H,1H2,2-3H3/b7-6+. The maximum Gasteiger partial charge on any atom is 0.336 e. The van der Waals surface area contributed by atoms with Crippen LogP contribution in [-0.4, -0.2) is 7.11 Å². The van der Waals surface area contributed by atoms with Crippen molar-refractivity contribution in [2.45, 2.75) is 6.92 Å². The van der Waals surface area contributed by atoms with E-state index in [-0.39, 0.29) is 0 Å². The highest BCUT2D eigenvalue weighted by atomic mass is 16.5. The van der Waals surface area contributed by atoms with Gasteiger partial charge in [-0.3, -0.25) is 0 Å². The largest absolute Gasteiger partial charge is 0.496 e. The Hall–Kier alpha value is -2.49. The Morgan fingerprint density at radius 2 is 2.16 bits per heavy atom. The summed E-state index contributed by atoms with van der Waals surface area (Å²) in [5.74, 6) is 1.11. The third-order valence-electron chi connectivity index (χ3n) is 2.45. The molecule has 0 atom stereocenters. The maximum absolute atomic E-state index is 11.2. The van der Waals surface area contributed by atoms with Gasteiger partial charge in [-0.1, -0.05) is 12.2 Å². The Kier molecular flexibility index (Phi) is 3.71. The zero-order valence-electron chi connectivity index (χ0n) is 10.8. The third-order valence-corrected chi connectivity index (χ3v) is 2.45. The summed E-state index contributed by atoms with van der Waals surface area (Å²) in [7, 11) is 1.55. The van der Waals surface area contributed by atoms with E-state index in [1.165, 1.54) is 12.3 Å². The summed E-state index contributed by atoms with van der Waals surface area (Å²) >= 11 is 0. The Balaban J connectivity index is 2.45. The lowest BCUT2D eigenvalue weighted by Crippen LogP contribution is -1.96. The first-order chi connectivity index (χ1) is 9.10. The fourth-order valence-corrected chi connectivity index (χ4v) is 1.59. The van der Waals surface area contributed by atoms with Gasteiger partial charge < -0.3 is 13.9 Å². The SMILES string of the molecule is C=C(C)/C=C/Oc1cc(OC)c2ccc(=O)oc2c1. The Morgan fingerprint density at radius 1 is 1.37 bits per heavy atom. The number of methoxy groups -OCH3 is 1. The summed E-state index contributed by atoms with van der Waals surface area (Å²) in [5.41, 5.74) is 0.883. The summed E-state index contributed by atoms with van der Waals surface area (Å²) in [6, 6.07) is 6.38. The van der Waals surface area contributed by atoms with Gasteiger partial charge in [0.05, 0.1) is 18.8 Å². The lowest BCUT2D eigenvalue weighted by atomic mass is 10.2. The highest BCUT2D eigenvalue weighted by Gasteiger charge is 2.07. The highest BCUT2D eigenvalue weighted by Crippen LogP contribution is 2.30. The summed E-state index contributed by atoms with van der Waals surface area (Å²) in [4.78, 5) is 11.2. The number of allylic oxidation sites excluding steroid dienone is 2. The zero-order valence-corrected chi connectivity index (χ0v) is 10.8. The molecule has 0 aliphatic heterocycles. The molecule has 0 aliphatic carbocycles. The van der Waals surface area contributed by atoms with Crippen LogP contribution in [0.2, 0.25) is 0 Å². The van der Waals surface area contributed by atoms with Gasteiger partial charge in [-0.2, -0.15) is 0 Å². The first-order valence-corrected chi connectivity index (χ1v) is 5.71. The van der Waals surface area contributed by atoms with Crippen molar-refractivity contribution >= 4 is 11.0 Å². The van der Waals surface area contributed by atoms with Gasteiger partial charge in [-0.25, -0.2) is 4.79 Å². The molecule has 0 N–H and O–H groups in total. The molecule has 1 aromatic heterocycles. The molecule has 1 aromatic carbocycles. The molecular weight excluding hydrogens is 244 g/mol. The minimum absolute atomic E-state index is 0.413. The highest BCUT2D eigenvalue weighted by molar-refractivity contribution is 5.85. The van der Waals surface area contributed by atoms with E-state index in [0.29, 0.717) is 17.1 Å². The number of hydrogen-bond acceptors (Lipinski definition) is 4. The van der Waals surface area contributed by atoms with Gasteiger partial charge in [-0.05, 0) is 19.1 Å². The molecule has 2 aromatic rings. The smallest absolute Gasteiger partial charge is 0.336 e. The Bertz CT molecular complexity index is 695. The second-order valence-corrected chi connectivity index (χ2v) is 4.06. The first-order valence-electron chi connectivity index (χ1n) is 5.71. The number of hydrogen-bond donors (Lipinski definition) is 0. The lowest BCUT2D eigenvalue weighted by molar-refractivity contribution is 0.412. The van der Waals surface area contributed by atoms with E-state index in [1.807, 2.05) is 6.92 Å². The minimum Gasteiger partial charge on any atom is -0.496 e. The Labute approximate surface area is 110 Å². The summed E-state index contributed by atoms with van der Waals surface area (Å²) < 4.78 is 15.8. The van der Waals surface area contributed by atoms with Gasteiger partial charge >= 0.3 is 5.63 Å². The van der Waals surface area contributed by atoms with Crippen LogP contribution in [0.15, 0.2) is 58.0 Å². The zero-order chi connectivity index (χ0) is 13.8. The second-order valence-electron chi connectivity index (χ2n) is 4.06. The fourth-order valence-electron chi connectivity index (χ4n) is 1.59. The lowest BCUT2D eigenvalue weighted by Gasteiger charge is -2.07. The van der Waals surface area contributed by atoms with Crippen molar-refractivity contribution in [3.63, 3.8) is 0 Å². The normalized spacial score (nSPS) is 10.8. The van der Waals surface area contributed by atoms with Crippen LogP contribution in [0.1, 0.15) is 6.92 Å². The molecular formula is C15H14O4.